The molecule has 14 heavy (non-hydrogen) atoms. The van der Waals surface area contributed by atoms with Crippen LogP contribution in [0, 0.1) is 0 Å². The van der Waals surface area contributed by atoms with E-state index in [4.69, 9.17) is 4.74 Å². The highest BCUT2D eigenvalue weighted by molar-refractivity contribution is 7.90. The van der Waals surface area contributed by atoms with Gasteiger partial charge in [0.2, 0.25) is 10.0 Å². The lowest BCUT2D eigenvalue weighted by atomic mass is 10.5. The molecule has 0 saturated carbocycles. The van der Waals surface area contributed by atoms with Gasteiger partial charge in [0.1, 0.15) is 0 Å². The van der Waals surface area contributed by atoms with Gasteiger partial charge in [0.05, 0.1) is 11.9 Å². The highest BCUT2D eigenvalue weighted by Gasteiger charge is 2.19. The van der Waals surface area contributed by atoms with Crippen LogP contribution < -0.4 is 10.0 Å². The summed E-state index contributed by atoms with van der Waals surface area (Å²) >= 11 is 0. The van der Waals surface area contributed by atoms with Crippen LogP contribution in [0.25, 0.3) is 0 Å². The van der Waals surface area contributed by atoms with Crippen LogP contribution in [-0.2, 0) is 14.8 Å². The standard InChI is InChI=1S/C7H18N2O3S.ClH/c1-7(6-12-3)13(10,11)9-5-4-8-2;/h7-9H,4-6H2,1-3H3;1H. The minimum Gasteiger partial charge on any atom is -0.383 e. The average molecular weight is 247 g/mol. The molecule has 0 rings (SSSR count). The second kappa shape index (κ2) is 8.43. The van der Waals surface area contributed by atoms with Crippen LogP contribution in [0.15, 0.2) is 0 Å². The molecule has 0 aromatic heterocycles. The molecule has 0 aliphatic heterocycles. The Morgan fingerprint density at radius 2 is 1.93 bits per heavy atom. The van der Waals surface area contributed by atoms with Gasteiger partial charge in [-0.1, -0.05) is 0 Å². The lowest BCUT2D eigenvalue weighted by Crippen LogP contribution is -2.38. The molecule has 1 unspecified atom stereocenters. The van der Waals surface area contributed by atoms with Crippen molar-refractivity contribution in [1.29, 1.82) is 0 Å². The number of halogens is 1. The summed E-state index contributed by atoms with van der Waals surface area (Å²) in [5.41, 5.74) is 0. The maximum Gasteiger partial charge on any atom is 0.216 e. The van der Waals surface area contributed by atoms with E-state index in [2.05, 4.69) is 10.0 Å². The van der Waals surface area contributed by atoms with E-state index in [0.29, 0.717) is 13.1 Å². The molecule has 0 radical (unpaired) electrons. The van der Waals surface area contributed by atoms with Crippen LogP contribution in [0.1, 0.15) is 6.92 Å². The second-order valence-corrected chi connectivity index (χ2v) is 4.99. The monoisotopic (exact) mass is 246 g/mol. The molecule has 7 heteroatoms. The smallest absolute Gasteiger partial charge is 0.216 e. The summed E-state index contributed by atoms with van der Waals surface area (Å²) < 4.78 is 30.0. The van der Waals surface area contributed by atoms with Crippen LogP contribution in [0.5, 0.6) is 0 Å². The van der Waals surface area contributed by atoms with Crippen molar-refractivity contribution in [3.8, 4) is 0 Å². The molecular formula is C7H19ClN2O3S. The zero-order valence-electron chi connectivity index (χ0n) is 8.74. The Balaban J connectivity index is 0. The van der Waals surface area contributed by atoms with E-state index >= 15 is 0 Å². The summed E-state index contributed by atoms with van der Waals surface area (Å²) in [5, 5.41) is 2.35. The summed E-state index contributed by atoms with van der Waals surface area (Å²) in [6, 6.07) is 0. The topological polar surface area (TPSA) is 67.4 Å². The highest BCUT2D eigenvalue weighted by Crippen LogP contribution is 1.97. The Labute approximate surface area is 92.1 Å². The van der Waals surface area contributed by atoms with Crippen LogP contribution in [0.3, 0.4) is 0 Å². The van der Waals surface area contributed by atoms with Crippen molar-refractivity contribution in [3.63, 3.8) is 0 Å². The first-order valence-corrected chi connectivity index (χ1v) is 5.71. The zero-order chi connectivity index (χ0) is 10.3. The van der Waals surface area contributed by atoms with Crippen molar-refractivity contribution in [2.75, 3.05) is 33.9 Å². The maximum absolute atomic E-state index is 11.4. The molecule has 0 aromatic carbocycles. The molecule has 0 bridgehead atoms. The van der Waals surface area contributed by atoms with Gasteiger partial charge in [-0.2, -0.15) is 0 Å². The minimum atomic E-state index is -3.21. The van der Waals surface area contributed by atoms with E-state index in [1.165, 1.54) is 7.11 Å². The Morgan fingerprint density at radius 3 is 2.36 bits per heavy atom. The minimum absolute atomic E-state index is 0. The van der Waals surface area contributed by atoms with E-state index in [0.717, 1.165) is 0 Å². The molecule has 0 spiro atoms. The number of hydrogen-bond acceptors (Lipinski definition) is 4. The maximum atomic E-state index is 11.4. The number of rotatable bonds is 7. The SMILES string of the molecule is CNCCNS(=O)(=O)C(C)COC.Cl. The number of sulfonamides is 1. The van der Waals surface area contributed by atoms with Crippen molar-refractivity contribution in [3.05, 3.63) is 0 Å². The van der Waals surface area contributed by atoms with Crippen LogP contribution in [0.4, 0.5) is 0 Å². The van der Waals surface area contributed by atoms with Gasteiger partial charge in [0.15, 0.2) is 0 Å². The molecule has 0 saturated heterocycles. The Morgan fingerprint density at radius 1 is 1.36 bits per heavy atom. The predicted octanol–water partition coefficient (Wildman–Crippen LogP) is -0.418. The number of methoxy groups -OCH3 is 1. The van der Waals surface area contributed by atoms with Crippen LogP contribution >= 0.6 is 12.4 Å². The lowest BCUT2D eigenvalue weighted by molar-refractivity contribution is 0.200. The summed E-state index contributed by atoms with van der Waals surface area (Å²) in [7, 11) is 0.0468. The van der Waals surface area contributed by atoms with E-state index in [-0.39, 0.29) is 19.0 Å². The molecule has 0 amide bonds. The van der Waals surface area contributed by atoms with E-state index in [9.17, 15) is 8.42 Å². The summed E-state index contributed by atoms with van der Waals surface area (Å²) in [6.45, 7) is 2.87. The van der Waals surface area contributed by atoms with Crippen molar-refractivity contribution >= 4 is 22.4 Å². The Kier molecular flexibility index (Phi) is 9.96. The van der Waals surface area contributed by atoms with Crippen molar-refractivity contribution in [2.24, 2.45) is 0 Å². The molecule has 2 N–H and O–H groups in total. The fraction of sp³-hybridized carbons (Fsp3) is 1.00. The van der Waals surface area contributed by atoms with Crippen molar-refractivity contribution < 1.29 is 13.2 Å². The van der Waals surface area contributed by atoms with Crippen LogP contribution in [0.2, 0.25) is 0 Å². The van der Waals surface area contributed by atoms with Gasteiger partial charge in [-0.05, 0) is 14.0 Å². The average Bonchev–Trinajstić information content (AvgIpc) is 2.05. The lowest BCUT2D eigenvalue weighted by Gasteiger charge is -2.12. The number of hydrogen-bond donors (Lipinski definition) is 2. The molecule has 1 atom stereocenters. The predicted molar refractivity (Wildman–Crippen MR) is 59.4 cm³/mol. The molecule has 0 fully saturated rings. The number of likely N-dealkylation sites (N-methyl/N-ethyl adjacent to an activating group) is 1. The third kappa shape index (κ3) is 6.56. The van der Waals surface area contributed by atoms with Gasteiger partial charge >= 0.3 is 0 Å². The van der Waals surface area contributed by atoms with Gasteiger partial charge < -0.3 is 10.1 Å². The van der Waals surface area contributed by atoms with Crippen molar-refractivity contribution in [2.45, 2.75) is 12.2 Å². The van der Waals surface area contributed by atoms with E-state index in [1.807, 2.05) is 0 Å². The first-order chi connectivity index (χ1) is 6.04. The van der Waals surface area contributed by atoms with Gasteiger partial charge in [-0.3, -0.25) is 0 Å². The fourth-order valence-corrected chi connectivity index (χ4v) is 1.77. The highest BCUT2D eigenvalue weighted by atomic mass is 35.5. The normalized spacial score (nSPS) is 13.4. The molecule has 88 valence electrons. The van der Waals surface area contributed by atoms with Gasteiger partial charge in [0, 0.05) is 20.2 Å². The molecule has 0 aliphatic carbocycles. The summed E-state index contributed by atoms with van der Waals surface area (Å²) in [4.78, 5) is 0. The third-order valence-corrected chi connectivity index (χ3v) is 3.41. The molecule has 0 aromatic rings. The van der Waals surface area contributed by atoms with Gasteiger partial charge in [-0.15, -0.1) is 12.4 Å². The molecular weight excluding hydrogens is 228 g/mol. The third-order valence-electron chi connectivity index (χ3n) is 1.61. The largest absolute Gasteiger partial charge is 0.383 e. The second-order valence-electron chi connectivity index (χ2n) is 2.81. The Hall–Kier alpha value is 0.120. The zero-order valence-corrected chi connectivity index (χ0v) is 10.4. The first kappa shape index (κ1) is 16.5. The summed E-state index contributed by atoms with van der Waals surface area (Å²) in [6.07, 6.45) is 0. The van der Waals surface area contributed by atoms with E-state index < -0.39 is 15.3 Å². The van der Waals surface area contributed by atoms with Gasteiger partial charge in [-0.25, -0.2) is 13.1 Å². The summed E-state index contributed by atoms with van der Waals surface area (Å²) in [5.74, 6) is 0. The number of nitrogens with one attached hydrogen (secondary N) is 2. The van der Waals surface area contributed by atoms with Gasteiger partial charge in [0.25, 0.3) is 0 Å². The molecule has 0 aliphatic rings. The number of ether oxygens (including phenoxy) is 1. The van der Waals surface area contributed by atoms with Crippen molar-refractivity contribution in [1.82, 2.24) is 10.0 Å². The Bertz CT molecular complexity index is 221. The molecule has 5 nitrogen and oxygen atoms in total. The fourth-order valence-electron chi connectivity index (χ4n) is 0.785. The quantitative estimate of drug-likeness (QED) is 0.599. The van der Waals surface area contributed by atoms with Crippen LogP contribution in [-0.4, -0.2) is 47.5 Å². The molecule has 0 heterocycles. The van der Waals surface area contributed by atoms with E-state index in [1.54, 1.807) is 14.0 Å². The first-order valence-electron chi connectivity index (χ1n) is 4.16.